The van der Waals surface area contributed by atoms with Crippen LogP contribution in [0.1, 0.15) is 18.4 Å². The summed E-state index contributed by atoms with van der Waals surface area (Å²) in [6.45, 7) is 0.555. The Balaban J connectivity index is 2.06. The maximum Gasteiger partial charge on any atom is 0.161 e. The Morgan fingerprint density at radius 3 is 2.88 bits per heavy atom. The van der Waals surface area contributed by atoms with Gasteiger partial charge in [-0.25, -0.2) is 4.39 Å². The van der Waals surface area contributed by atoms with Gasteiger partial charge in [0.25, 0.3) is 0 Å². The standard InChI is InChI=1S/C12H13BrFN3/c13-11-8(5-15)3-4-10(12(11)14)17-6-9(16)7-1-2-7/h3-4,7,9,17H,1-2,6,16H2. The van der Waals surface area contributed by atoms with Crippen molar-refractivity contribution in [3.05, 3.63) is 28.0 Å². The van der Waals surface area contributed by atoms with E-state index in [0.29, 0.717) is 23.7 Å². The average molecular weight is 298 g/mol. The largest absolute Gasteiger partial charge is 0.381 e. The quantitative estimate of drug-likeness (QED) is 0.898. The van der Waals surface area contributed by atoms with E-state index >= 15 is 0 Å². The molecule has 0 radical (unpaired) electrons. The van der Waals surface area contributed by atoms with Crippen LogP contribution in [0.3, 0.4) is 0 Å². The number of halogens is 2. The minimum atomic E-state index is -0.438. The molecule has 1 aromatic rings. The first-order valence-electron chi connectivity index (χ1n) is 5.51. The van der Waals surface area contributed by atoms with Crippen molar-refractivity contribution in [2.75, 3.05) is 11.9 Å². The van der Waals surface area contributed by atoms with Crippen LogP contribution in [0.15, 0.2) is 16.6 Å². The minimum absolute atomic E-state index is 0.0730. The number of benzene rings is 1. The fraction of sp³-hybridized carbons (Fsp3) is 0.417. The second kappa shape index (κ2) is 5.03. The van der Waals surface area contributed by atoms with E-state index in [0.717, 1.165) is 0 Å². The number of anilines is 1. The van der Waals surface area contributed by atoms with Gasteiger partial charge in [-0.15, -0.1) is 0 Å². The zero-order valence-electron chi connectivity index (χ0n) is 9.21. The van der Waals surface area contributed by atoms with E-state index in [1.165, 1.54) is 12.8 Å². The molecule has 1 fully saturated rings. The molecular weight excluding hydrogens is 285 g/mol. The number of hydrogen-bond donors (Lipinski definition) is 2. The van der Waals surface area contributed by atoms with Crippen LogP contribution >= 0.6 is 15.9 Å². The maximum absolute atomic E-state index is 13.8. The molecule has 1 aromatic carbocycles. The van der Waals surface area contributed by atoms with Gasteiger partial charge < -0.3 is 11.1 Å². The summed E-state index contributed by atoms with van der Waals surface area (Å²) in [4.78, 5) is 0. The number of rotatable bonds is 4. The van der Waals surface area contributed by atoms with E-state index in [1.807, 2.05) is 6.07 Å². The summed E-state index contributed by atoms with van der Waals surface area (Å²) in [5, 5.41) is 11.7. The van der Waals surface area contributed by atoms with E-state index in [4.69, 9.17) is 11.0 Å². The molecule has 0 spiro atoms. The smallest absolute Gasteiger partial charge is 0.161 e. The van der Waals surface area contributed by atoms with Gasteiger partial charge in [0, 0.05) is 12.6 Å². The average Bonchev–Trinajstić information content (AvgIpc) is 3.15. The van der Waals surface area contributed by atoms with Gasteiger partial charge in [0.15, 0.2) is 5.82 Å². The molecule has 1 aliphatic carbocycles. The molecule has 1 unspecified atom stereocenters. The lowest BCUT2D eigenvalue weighted by Gasteiger charge is -2.14. The number of nitrogens with zero attached hydrogens (tertiary/aromatic N) is 1. The second-order valence-corrected chi connectivity index (χ2v) is 5.08. The SMILES string of the molecule is N#Cc1ccc(NCC(N)C2CC2)c(F)c1Br. The second-order valence-electron chi connectivity index (χ2n) is 4.28. The molecule has 1 saturated carbocycles. The van der Waals surface area contributed by atoms with Crippen LogP contribution in [0.4, 0.5) is 10.1 Å². The highest BCUT2D eigenvalue weighted by Crippen LogP contribution is 2.32. The molecule has 1 atom stereocenters. The van der Waals surface area contributed by atoms with Crippen LogP contribution in [-0.4, -0.2) is 12.6 Å². The molecule has 17 heavy (non-hydrogen) atoms. The van der Waals surface area contributed by atoms with Gasteiger partial charge in [-0.3, -0.25) is 0 Å². The molecular formula is C12H13BrFN3. The van der Waals surface area contributed by atoms with E-state index in [-0.39, 0.29) is 10.5 Å². The molecule has 0 heterocycles. The van der Waals surface area contributed by atoms with Gasteiger partial charge in [0.2, 0.25) is 0 Å². The molecule has 90 valence electrons. The van der Waals surface area contributed by atoms with Crippen LogP contribution in [-0.2, 0) is 0 Å². The third kappa shape index (κ3) is 2.76. The lowest BCUT2D eigenvalue weighted by atomic mass is 10.2. The Hall–Kier alpha value is -1.12. The lowest BCUT2D eigenvalue weighted by molar-refractivity contribution is 0.604. The fourth-order valence-corrected chi connectivity index (χ4v) is 2.13. The summed E-state index contributed by atoms with van der Waals surface area (Å²) in [5.41, 5.74) is 6.59. The van der Waals surface area contributed by atoms with E-state index < -0.39 is 5.82 Å². The van der Waals surface area contributed by atoms with Gasteiger partial charge in [0.05, 0.1) is 15.7 Å². The van der Waals surface area contributed by atoms with Gasteiger partial charge >= 0.3 is 0 Å². The maximum atomic E-state index is 13.8. The molecule has 3 nitrogen and oxygen atoms in total. The Kier molecular flexibility index (Phi) is 3.65. The molecule has 0 aromatic heterocycles. The first-order chi connectivity index (χ1) is 8.13. The van der Waals surface area contributed by atoms with Crippen molar-refractivity contribution in [3.63, 3.8) is 0 Å². The van der Waals surface area contributed by atoms with Crippen LogP contribution in [0.25, 0.3) is 0 Å². The van der Waals surface area contributed by atoms with Crippen molar-refractivity contribution >= 4 is 21.6 Å². The van der Waals surface area contributed by atoms with Gasteiger partial charge in [-0.1, -0.05) is 0 Å². The van der Waals surface area contributed by atoms with Crippen molar-refractivity contribution < 1.29 is 4.39 Å². The molecule has 0 bridgehead atoms. The predicted molar refractivity (Wildman–Crippen MR) is 68.0 cm³/mol. The van der Waals surface area contributed by atoms with E-state index in [1.54, 1.807) is 12.1 Å². The van der Waals surface area contributed by atoms with Crippen molar-refractivity contribution in [2.24, 2.45) is 11.7 Å². The monoisotopic (exact) mass is 297 g/mol. The van der Waals surface area contributed by atoms with Crippen molar-refractivity contribution in [2.45, 2.75) is 18.9 Å². The van der Waals surface area contributed by atoms with Crippen molar-refractivity contribution in [3.8, 4) is 6.07 Å². The van der Waals surface area contributed by atoms with Gasteiger partial charge in [0.1, 0.15) is 6.07 Å². The van der Waals surface area contributed by atoms with Crippen LogP contribution in [0.2, 0.25) is 0 Å². The Morgan fingerprint density at radius 1 is 1.59 bits per heavy atom. The summed E-state index contributed by atoms with van der Waals surface area (Å²) >= 11 is 3.07. The summed E-state index contributed by atoms with van der Waals surface area (Å²) in [7, 11) is 0. The normalized spacial score (nSPS) is 16.4. The molecule has 2 rings (SSSR count). The van der Waals surface area contributed by atoms with Crippen LogP contribution in [0.5, 0.6) is 0 Å². The first kappa shape index (κ1) is 12.3. The summed E-state index contributed by atoms with van der Waals surface area (Å²) in [5.74, 6) is 0.138. The highest BCUT2D eigenvalue weighted by atomic mass is 79.9. The Morgan fingerprint density at radius 2 is 2.29 bits per heavy atom. The Labute approximate surface area is 108 Å². The molecule has 0 amide bonds. The topological polar surface area (TPSA) is 61.8 Å². The summed E-state index contributed by atoms with van der Waals surface area (Å²) in [6.07, 6.45) is 2.34. The number of nitrogens with two attached hydrogens (primary N) is 1. The zero-order chi connectivity index (χ0) is 12.4. The van der Waals surface area contributed by atoms with Crippen molar-refractivity contribution in [1.82, 2.24) is 0 Å². The first-order valence-corrected chi connectivity index (χ1v) is 6.30. The summed E-state index contributed by atoms with van der Waals surface area (Å²) in [6, 6.07) is 5.14. The van der Waals surface area contributed by atoms with Crippen molar-refractivity contribution in [1.29, 1.82) is 5.26 Å². The van der Waals surface area contributed by atoms with Crippen LogP contribution < -0.4 is 11.1 Å². The molecule has 5 heteroatoms. The summed E-state index contributed by atoms with van der Waals surface area (Å²) < 4.78 is 14.0. The highest BCUT2D eigenvalue weighted by Gasteiger charge is 2.28. The number of nitriles is 1. The van der Waals surface area contributed by atoms with Gasteiger partial charge in [-0.2, -0.15) is 5.26 Å². The third-order valence-electron chi connectivity index (χ3n) is 2.96. The molecule has 0 aliphatic heterocycles. The highest BCUT2D eigenvalue weighted by molar-refractivity contribution is 9.10. The Bertz CT molecular complexity index is 466. The van der Waals surface area contributed by atoms with E-state index in [9.17, 15) is 4.39 Å². The third-order valence-corrected chi connectivity index (χ3v) is 3.73. The lowest BCUT2D eigenvalue weighted by Crippen LogP contribution is -2.31. The minimum Gasteiger partial charge on any atom is -0.381 e. The molecule has 3 N–H and O–H groups in total. The predicted octanol–water partition coefficient (Wildman–Crippen LogP) is 2.61. The van der Waals surface area contributed by atoms with Crippen LogP contribution in [0, 0.1) is 23.1 Å². The number of nitrogens with one attached hydrogen (secondary N) is 1. The molecule has 1 aliphatic rings. The van der Waals surface area contributed by atoms with E-state index in [2.05, 4.69) is 21.2 Å². The molecule has 0 saturated heterocycles. The zero-order valence-corrected chi connectivity index (χ0v) is 10.8. The van der Waals surface area contributed by atoms with Gasteiger partial charge in [-0.05, 0) is 46.8 Å². The fourth-order valence-electron chi connectivity index (χ4n) is 1.69. The number of hydrogen-bond acceptors (Lipinski definition) is 3.